The van der Waals surface area contributed by atoms with E-state index in [2.05, 4.69) is 21.2 Å². The van der Waals surface area contributed by atoms with Crippen LogP contribution in [-0.4, -0.2) is 14.2 Å². The van der Waals surface area contributed by atoms with Gasteiger partial charge in [0, 0.05) is 17.3 Å². The summed E-state index contributed by atoms with van der Waals surface area (Å²) in [4.78, 5) is 0. The molecule has 1 N–H and O–H groups in total. The molecular weight excluding hydrogens is 354 g/mol. The quantitative estimate of drug-likeness (QED) is 0.800. The minimum Gasteiger partial charge on any atom is -0.493 e. The Balaban J connectivity index is 2.18. The first-order valence-corrected chi connectivity index (χ1v) is 7.62. The molecular formula is C16H17BrClNO2. The van der Waals surface area contributed by atoms with E-state index >= 15 is 0 Å². The molecule has 0 spiro atoms. The highest BCUT2D eigenvalue weighted by molar-refractivity contribution is 9.10. The number of hydrogen-bond donors (Lipinski definition) is 1. The molecule has 2 rings (SSSR count). The first-order valence-electron chi connectivity index (χ1n) is 6.45. The normalized spacial score (nSPS) is 10.3. The van der Waals surface area contributed by atoms with E-state index in [1.807, 2.05) is 37.3 Å². The molecule has 0 atom stereocenters. The van der Waals surface area contributed by atoms with Crippen LogP contribution in [0.25, 0.3) is 0 Å². The topological polar surface area (TPSA) is 30.5 Å². The van der Waals surface area contributed by atoms with Gasteiger partial charge in [-0.1, -0.05) is 11.6 Å². The first kappa shape index (κ1) is 16.0. The fraction of sp³-hybridized carbons (Fsp3) is 0.250. The van der Waals surface area contributed by atoms with Gasteiger partial charge in [0.25, 0.3) is 0 Å². The van der Waals surface area contributed by atoms with Gasteiger partial charge in [-0.15, -0.1) is 0 Å². The Labute approximate surface area is 138 Å². The molecule has 0 saturated carbocycles. The van der Waals surface area contributed by atoms with Crippen molar-refractivity contribution in [2.75, 3.05) is 19.5 Å². The van der Waals surface area contributed by atoms with Gasteiger partial charge in [-0.2, -0.15) is 0 Å². The zero-order valence-electron chi connectivity index (χ0n) is 12.2. The van der Waals surface area contributed by atoms with Crippen molar-refractivity contribution >= 4 is 33.2 Å². The Bertz CT molecular complexity index is 646. The molecule has 0 aliphatic heterocycles. The molecule has 0 amide bonds. The minimum absolute atomic E-state index is 0.682. The highest BCUT2D eigenvalue weighted by atomic mass is 79.9. The average molecular weight is 371 g/mol. The second kappa shape index (κ2) is 7.05. The molecule has 0 fully saturated rings. The lowest BCUT2D eigenvalue weighted by atomic mass is 10.1. The van der Waals surface area contributed by atoms with Gasteiger partial charge in [-0.05, 0) is 64.3 Å². The van der Waals surface area contributed by atoms with E-state index in [-0.39, 0.29) is 0 Å². The SMILES string of the molecule is COc1cc(CNc2ccc(Cl)cc2C)cc(Br)c1OC. The smallest absolute Gasteiger partial charge is 0.174 e. The van der Waals surface area contributed by atoms with Crippen LogP contribution < -0.4 is 14.8 Å². The number of methoxy groups -OCH3 is 2. The fourth-order valence-electron chi connectivity index (χ4n) is 2.10. The molecule has 3 nitrogen and oxygen atoms in total. The third-order valence-electron chi connectivity index (χ3n) is 3.16. The van der Waals surface area contributed by atoms with Crippen molar-refractivity contribution in [1.29, 1.82) is 0 Å². The van der Waals surface area contributed by atoms with Crippen LogP contribution in [0.4, 0.5) is 5.69 Å². The summed E-state index contributed by atoms with van der Waals surface area (Å²) in [6.45, 7) is 2.71. The first-order chi connectivity index (χ1) is 10.0. The average Bonchev–Trinajstić information content (AvgIpc) is 2.45. The van der Waals surface area contributed by atoms with Gasteiger partial charge < -0.3 is 14.8 Å². The molecule has 0 heterocycles. The van der Waals surface area contributed by atoms with E-state index in [0.717, 1.165) is 26.3 Å². The number of benzene rings is 2. The number of anilines is 1. The molecule has 0 saturated heterocycles. The van der Waals surface area contributed by atoms with Crippen LogP contribution in [0.15, 0.2) is 34.8 Å². The van der Waals surface area contributed by atoms with E-state index in [0.29, 0.717) is 18.0 Å². The van der Waals surface area contributed by atoms with Gasteiger partial charge in [0.2, 0.25) is 0 Å². The molecule has 2 aromatic rings. The molecule has 5 heteroatoms. The highest BCUT2D eigenvalue weighted by Gasteiger charge is 2.10. The second-order valence-corrected chi connectivity index (χ2v) is 5.92. The van der Waals surface area contributed by atoms with Crippen LogP contribution in [0.1, 0.15) is 11.1 Å². The summed E-state index contributed by atoms with van der Waals surface area (Å²) in [6.07, 6.45) is 0. The molecule has 0 aliphatic rings. The maximum absolute atomic E-state index is 5.96. The second-order valence-electron chi connectivity index (χ2n) is 4.63. The van der Waals surface area contributed by atoms with Crippen LogP contribution in [0.2, 0.25) is 5.02 Å². The maximum Gasteiger partial charge on any atom is 0.174 e. The van der Waals surface area contributed by atoms with Crippen LogP contribution in [-0.2, 0) is 6.54 Å². The number of halogens is 2. The van der Waals surface area contributed by atoms with E-state index < -0.39 is 0 Å². The Morgan fingerprint density at radius 1 is 1.14 bits per heavy atom. The van der Waals surface area contributed by atoms with Crippen LogP contribution >= 0.6 is 27.5 Å². The van der Waals surface area contributed by atoms with E-state index in [1.165, 1.54) is 0 Å². The monoisotopic (exact) mass is 369 g/mol. The minimum atomic E-state index is 0.682. The summed E-state index contributed by atoms with van der Waals surface area (Å²) < 4.78 is 11.5. The predicted molar refractivity (Wildman–Crippen MR) is 90.8 cm³/mol. The van der Waals surface area contributed by atoms with E-state index in [9.17, 15) is 0 Å². The Morgan fingerprint density at radius 2 is 1.90 bits per heavy atom. The molecule has 2 aromatic carbocycles. The largest absolute Gasteiger partial charge is 0.493 e. The van der Waals surface area contributed by atoms with E-state index in [1.54, 1.807) is 14.2 Å². The molecule has 0 aliphatic carbocycles. The standard InChI is InChI=1S/C16H17BrClNO2/c1-10-6-12(18)4-5-14(10)19-9-11-7-13(17)16(21-3)15(8-11)20-2/h4-8,19H,9H2,1-3H3. The molecule has 21 heavy (non-hydrogen) atoms. The number of rotatable bonds is 5. The number of ether oxygens (including phenoxy) is 2. The number of nitrogens with one attached hydrogen (secondary N) is 1. The van der Waals surface area contributed by atoms with Gasteiger partial charge in [-0.3, -0.25) is 0 Å². The lowest BCUT2D eigenvalue weighted by Gasteiger charge is -2.14. The summed E-state index contributed by atoms with van der Waals surface area (Å²) in [6, 6.07) is 9.77. The summed E-state index contributed by atoms with van der Waals surface area (Å²) in [5.74, 6) is 1.40. The summed E-state index contributed by atoms with van der Waals surface area (Å²) in [7, 11) is 3.25. The lowest BCUT2D eigenvalue weighted by molar-refractivity contribution is 0.352. The lowest BCUT2D eigenvalue weighted by Crippen LogP contribution is -2.02. The van der Waals surface area contributed by atoms with Gasteiger partial charge >= 0.3 is 0 Å². The fourth-order valence-corrected chi connectivity index (χ4v) is 2.97. The summed E-state index contributed by atoms with van der Waals surface area (Å²) in [5, 5.41) is 4.14. The third kappa shape index (κ3) is 3.83. The zero-order valence-corrected chi connectivity index (χ0v) is 14.5. The van der Waals surface area contributed by atoms with Crippen molar-refractivity contribution in [3.05, 3.63) is 51.0 Å². The number of aryl methyl sites for hydroxylation is 1. The summed E-state index contributed by atoms with van der Waals surface area (Å²) in [5.41, 5.74) is 3.27. The van der Waals surface area contributed by atoms with Gasteiger partial charge in [0.15, 0.2) is 11.5 Å². The van der Waals surface area contributed by atoms with Crippen molar-refractivity contribution < 1.29 is 9.47 Å². The highest BCUT2D eigenvalue weighted by Crippen LogP contribution is 2.36. The van der Waals surface area contributed by atoms with Gasteiger partial charge in [0.1, 0.15) is 0 Å². The Morgan fingerprint density at radius 3 is 2.52 bits per heavy atom. The summed E-state index contributed by atoms with van der Waals surface area (Å²) >= 11 is 9.46. The van der Waals surface area contributed by atoms with Crippen LogP contribution in [0.5, 0.6) is 11.5 Å². The zero-order chi connectivity index (χ0) is 15.4. The molecule has 0 bridgehead atoms. The van der Waals surface area contributed by atoms with Crippen molar-refractivity contribution in [1.82, 2.24) is 0 Å². The third-order valence-corrected chi connectivity index (χ3v) is 3.99. The van der Waals surface area contributed by atoms with Crippen molar-refractivity contribution in [2.24, 2.45) is 0 Å². The predicted octanol–water partition coefficient (Wildman–Crippen LogP) is 5.04. The van der Waals surface area contributed by atoms with Crippen molar-refractivity contribution in [2.45, 2.75) is 13.5 Å². The number of hydrogen-bond acceptors (Lipinski definition) is 3. The van der Waals surface area contributed by atoms with Crippen molar-refractivity contribution in [3.8, 4) is 11.5 Å². The maximum atomic E-state index is 5.96. The van der Waals surface area contributed by atoms with Crippen molar-refractivity contribution in [3.63, 3.8) is 0 Å². The van der Waals surface area contributed by atoms with Crippen LogP contribution in [0.3, 0.4) is 0 Å². The van der Waals surface area contributed by atoms with Gasteiger partial charge in [-0.25, -0.2) is 0 Å². The van der Waals surface area contributed by atoms with E-state index in [4.69, 9.17) is 21.1 Å². The molecule has 0 radical (unpaired) electrons. The van der Waals surface area contributed by atoms with Crippen LogP contribution in [0, 0.1) is 6.92 Å². The molecule has 0 aromatic heterocycles. The Hall–Kier alpha value is -1.39. The Kier molecular flexibility index (Phi) is 5.37. The molecule has 112 valence electrons. The van der Waals surface area contributed by atoms with Gasteiger partial charge in [0.05, 0.1) is 18.7 Å². The molecule has 0 unspecified atom stereocenters.